The highest BCUT2D eigenvalue weighted by Gasteiger charge is 2.12. The van der Waals surface area contributed by atoms with Crippen LogP contribution in [0.3, 0.4) is 0 Å². The quantitative estimate of drug-likeness (QED) is 0.910. The van der Waals surface area contributed by atoms with Gasteiger partial charge in [-0.1, -0.05) is 6.07 Å². The summed E-state index contributed by atoms with van der Waals surface area (Å²) in [5.74, 6) is 0. The molecule has 0 bridgehead atoms. The molecule has 1 N–H and O–H groups in total. The van der Waals surface area contributed by atoms with E-state index in [9.17, 15) is 0 Å². The number of nitrogens with one attached hydrogen (secondary N) is 1. The van der Waals surface area contributed by atoms with Crippen LogP contribution in [0.4, 0.5) is 5.69 Å². The lowest BCUT2D eigenvalue weighted by atomic mass is 10.1. The third-order valence-corrected chi connectivity index (χ3v) is 3.57. The summed E-state index contributed by atoms with van der Waals surface area (Å²) in [4.78, 5) is 0. The van der Waals surface area contributed by atoms with E-state index in [-0.39, 0.29) is 0 Å². The lowest BCUT2D eigenvalue weighted by molar-refractivity contribution is 0.144. The third kappa shape index (κ3) is 3.18. The van der Waals surface area contributed by atoms with Crippen LogP contribution in [0.5, 0.6) is 0 Å². The van der Waals surface area contributed by atoms with Crippen molar-refractivity contribution in [1.82, 2.24) is 4.57 Å². The van der Waals surface area contributed by atoms with E-state index in [0.717, 1.165) is 26.1 Å². The predicted octanol–water partition coefficient (Wildman–Crippen LogP) is 3.46. The summed E-state index contributed by atoms with van der Waals surface area (Å²) < 4.78 is 7.63. The molecule has 100 valence electrons. The zero-order valence-corrected chi connectivity index (χ0v) is 11.1. The van der Waals surface area contributed by atoms with Gasteiger partial charge in [0, 0.05) is 43.0 Å². The van der Waals surface area contributed by atoms with Gasteiger partial charge in [-0.15, -0.1) is 0 Å². The molecule has 0 spiro atoms. The molecule has 1 aliphatic rings. The summed E-state index contributed by atoms with van der Waals surface area (Å²) in [5, 5.41) is 3.63. The van der Waals surface area contributed by atoms with Gasteiger partial charge >= 0.3 is 0 Å². The summed E-state index contributed by atoms with van der Waals surface area (Å²) in [5.41, 5.74) is 2.39. The first-order valence-corrected chi connectivity index (χ1v) is 6.99. The monoisotopic (exact) mass is 256 g/mol. The lowest BCUT2D eigenvalue weighted by Gasteiger charge is -2.17. The minimum atomic E-state index is 0.530. The first kappa shape index (κ1) is 12.3. The number of aromatic nitrogens is 1. The second kappa shape index (κ2) is 5.93. The van der Waals surface area contributed by atoms with E-state index < -0.39 is 0 Å². The topological polar surface area (TPSA) is 26.2 Å². The van der Waals surface area contributed by atoms with Crippen LogP contribution in [0, 0.1) is 0 Å². The Labute approximate surface area is 114 Å². The first-order valence-electron chi connectivity index (χ1n) is 6.99. The molecule has 3 heteroatoms. The molecule has 0 amide bonds. The SMILES string of the molecule is c1cc(NC2CCCOCC2)cc(-n2cccc2)c1. The van der Waals surface area contributed by atoms with Crippen molar-refractivity contribution in [3.63, 3.8) is 0 Å². The molecule has 1 fully saturated rings. The van der Waals surface area contributed by atoms with Gasteiger partial charge in [0.25, 0.3) is 0 Å². The van der Waals surface area contributed by atoms with Gasteiger partial charge in [-0.25, -0.2) is 0 Å². The highest BCUT2D eigenvalue weighted by Crippen LogP contribution is 2.19. The van der Waals surface area contributed by atoms with E-state index in [2.05, 4.69) is 46.5 Å². The number of ether oxygens (including phenoxy) is 1. The van der Waals surface area contributed by atoms with Gasteiger partial charge in [-0.2, -0.15) is 0 Å². The van der Waals surface area contributed by atoms with Gasteiger partial charge in [0.2, 0.25) is 0 Å². The molecule has 1 aliphatic heterocycles. The number of benzene rings is 1. The van der Waals surface area contributed by atoms with Gasteiger partial charge in [0.15, 0.2) is 0 Å². The maximum absolute atomic E-state index is 5.50. The third-order valence-electron chi connectivity index (χ3n) is 3.57. The van der Waals surface area contributed by atoms with E-state index in [1.165, 1.54) is 17.8 Å². The van der Waals surface area contributed by atoms with Gasteiger partial charge in [0.05, 0.1) is 0 Å². The fourth-order valence-corrected chi connectivity index (χ4v) is 2.55. The number of hydrogen-bond donors (Lipinski definition) is 1. The van der Waals surface area contributed by atoms with Crippen molar-refractivity contribution in [2.24, 2.45) is 0 Å². The van der Waals surface area contributed by atoms with E-state index >= 15 is 0 Å². The maximum Gasteiger partial charge on any atom is 0.0485 e. The van der Waals surface area contributed by atoms with Crippen LogP contribution in [-0.4, -0.2) is 23.8 Å². The minimum absolute atomic E-state index is 0.530. The van der Waals surface area contributed by atoms with E-state index in [1.807, 2.05) is 12.1 Å². The smallest absolute Gasteiger partial charge is 0.0485 e. The Morgan fingerprint density at radius 2 is 1.95 bits per heavy atom. The average molecular weight is 256 g/mol. The predicted molar refractivity (Wildman–Crippen MR) is 77.8 cm³/mol. The molecule has 3 rings (SSSR count). The standard InChI is InChI=1S/C16H20N2O/c1-2-10-18(9-1)16-7-3-5-15(13-16)17-14-6-4-11-19-12-8-14/h1-3,5,7,9-10,13-14,17H,4,6,8,11-12H2. The van der Waals surface area contributed by atoms with E-state index in [1.54, 1.807) is 0 Å². The first-order chi connectivity index (χ1) is 9.42. The Balaban J connectivity index is 1.72. The number of anilines is 1. The van der Waals surface area contributed by atoms with Crippen molar-refractivity contribution >= 4 is 5.69 Å². The Bertz CT molecular complexity index is 499. The maximum atomic E-state index is 5.50. The molecule has 0 radical (unpaired) electrons. The minimum Gasteiger partial charge on any atom is -0.382 e. The van der Waals surface area contributed by atoms with E-state index in [0.29, 0.717) is 6.04 Å². The van der Waals surface area contributed by atoms with Crippen molar-refractivity contribution in [3.8, 4) is 5.69 Å². The zero-order valence-electron chi connectivity index (χ0n) is 11.1. The largest absolute Gasteiger partial charge is 0.382 e. The molecule has 1 atom stereocenters. The molecule has 0 saturated carbocycles. The fourth-order valence-electron chi connectivity index (χ4n) is 2.55. The molecular weight excluding hydrogens is 236 g/mol. The summed E-state index contributed by atoms with van der Waals surface area (Å²) in [7, 11) is 0. The summed E-state index contributed by atoms with van der Waals surface area (Å²) in [6.45, 7) is 1.77. The van der Waals surface area contributed by atoms with Gasteiger partial charge < -0.3 is 14.6 Å². The van der Waals surface area contributed by atoms with Gasteiger partial charge in [-0.05, 0) is 49.6 Å². The summed E-state index contributed by atoms with van der Waals surface area (Å²) >= 11 is 0. The van der Waals surface area contributed by atoms with Crippen molar-refractivity contribution in [1.29, 1.82) is 0 Å². The van der Waals surface area contributed by atoms with Crippen molar-refractivity contribution in [3.05, 3.63) is 48.8 Å². The molecule has 1 unspecified atom stereocenters. The Kier molecular flexibility index (Phi) is 3.84. The lowest BCUT2D eigenvalue weighted by Crippen LogP contribution is -2.19. The molecule has 0 aliphatic carbocycles. The van der Waals surface area contributed by atoms with Crippen LogP contribution in [0.1, 0.15) is 19.3 Å². The summed E-state index contributed by atoms with van der Waals surface area (Å²) in [6, 6.07) is 13.2. The number of nitrogens with zero attached hydrogens (tertiary/aromatic N) is 1. The zero-order chi connectivity index (χ0) is 12.9. The van der Waals surface area contributed by atoms with Crippen LogP contribution in [-0.2, 0) is 4.74 Å². The van der Waals surface area contributed by atoms with Gasteiger partial charge in [-0.3, -0.25) is 0 Å². The van der Waals surface area contributed by atoms with Gasteiger partial charge in [0.1, 0.15) is 0 Å². The van der Waals surface area contributed by atoms with E-state index in [4.69, 9.17) is 4.74 Å². The van der Waals surface area contributed by atoms with Crippen molar-refractivity contribution in [2.75, 3.05) is 18.5 Å². The van der Waals surface area contributed by atoms with Crippen LogP contribution in [0.25, 0.3) is 5.69 Å². The normalized spacial score (nSPS) is 19.9. The molecule has 2 heterocycles. The molecule has 3 nitrogen and oxygen atoms in total. The summed E-state index contributed by atoms with van der Waals surface area (Å²) in [6.07, 6.45) is 7.56. The second-order valence-corrected chi connectivity index (χ2v) is 5.03. The average Bonchev–Trinajstić information content (AvgIpc) is 2.86. The fraction of sp³-hybridized carbons (Fsp3) is 0.375. The van der Waals surface area contributed by atoms with Crippen LogP contribution >= 0.6 is 0 Å². The second-order valence-electron chi connectivity index (χ2n) is 5.03. The van der Waals surface area contributed by atoms with Crippen LogP contribution in [0.2, 0.25) is 0 Å². The Hall–Kier alpha value is -1.74. The Morgan fingerprint density at radius 3 is 2.84 bits per heavy atom. The number of rotatable bonds is 3. The number of hydrogen-bond acceptors (Lipinski definition) is 2. The highest BCUT2D eigenvalue weighted by molar-refractivity contribution is 5.51. The van der Waals surface area contributed by atoms with Crippen LogP contribution < -0.4 is 5.32 Å². The molecule has 1 saturated heterocycles. The highest BCUT2D eigenvalue weighted by atomic mass is 16.5. The molecule has 2 aromatic rings. The van der Waals surface area contributed by atoms with Crippen molar-refractivity contribution < 1.29 is 4.74 Å². The molecule has 1 aromatic heterocycles. The molecule has 1 aromatic carbocycles. The van der Waals surface area contributed by atoms with Crippen LogP contribution in [0.15, 0.2) is 48.8 Å². The van der Waals surface area contributed by atoms with Crippen molar-refractivity contribution in [2.45, 2.75) is 25.3 Å². The molecular formula is C16H20N2O. The molecule has 19 heavy (non-hydrogen) atoms. The Morgan fingerprint density at radius 1 is 1.05 bits per heavy atom.